The van der Waals surface area contributed by atoms with Crippen molar-refractivity contribution in [3.05, 3.63) is 35.9 Å². The number of nitrogens with zero attached hydrogens (tertiary/aromatic N) is 1. The van der Waals surface area contributed by atoms with Gasteiger partial charge in [-0.2, -0.15) is 0 Å². The van der Waals surface area contributed by atoms with Crippen molar-refractivity contribution in [3.8, 4) is 0 Å². The lowest BCUT2D eigenvalue weighted by molar-refractivity contribution is -0.141. The van der Waals surface area contributed by atoms with Crippen LogP contribution in [0.3, 0.4) is 0 Å². The molecule has 1 saturated heterocycles. The number of hydrogen-bond donors (Lipinski definition) is 2. The Balaban J connectivity index is 1.94. The molecule has 0 radical (unpaired) electrons. The smallest absolute Gasteiger partial charge is 0.410 e. The molecule has 19 heavy (non-hydrogen) atoms. The number of likely N-dealkylation sites (tertiary alicyclic amines) is 1. The van der Waals surface area contributed by atoms with Crippen molar-refractivity contribution in [3.63, 3.8) is 0 Å². The number of rotatable bonds is 3. The number of benzene rings is 1. The molecule has 1 heterocycles. The van der Waals surface area contributed by atoms with E-state index in [1.165, 1.54) is 0 Å². The monoisotopic (exact) mass is 265 g/mol. The quantitative estimate of drug-likeness (QED) is 0.845. The molecule has 1 amide bonds. The Morgan fingerprint density at radius 3 is 2.63 bits per heavy atom. The molecule has 6 heteroatoms. The second-order valence-electron chi connectivity index (χ2n) is 4.44. The number of carbonyl (C=O) groups is 2. The van der Waals surface area contributed by atoms with Crippen LogP contribution in [0.15, 0.2) is 30.3 Å². The highest BCUT2D eigenvalue weighted by atomic mass is 16.6. The van der Waals surface area contributed by atoms with Gasteiger partial charge in [0.1, 0.15) is 12.6 Å². The van der Waals surface area contributed by atoms with E-state index in [2.05, 4.69) is 0 Å². The van der Waals surface area contributed by atoms with E-state index in [4.69, 9.17) is 9.84 Å². The zero-order valence-electron chi connectivity index (χ0n) is 10.2. The topological polar surface area (TPSA) is 87.1 Å². The van der Waals surface area contributed by atoms with E-state index >= 15 is 0 Å². The zero-order chi connectivity index (χ0) is 13.8. The van der Waals surface area contributed by atoms with Crippen LogP contribution in [0.25, 0.3) is 0 Å². The minimum absolute atomic E-state index is 0.00934. The third-order valence-corrected chi connectivity index (χ3v) is 3.00. The summed E-state index contributed by atoms with van der Waals surface area (Å²) in [5.41, 5.74) is 0.822. The number of hydrogen-bond acceptors (Lipinski definition) is 4. The van der Waals surface area contributed by atoms with Gasteiger partial charge >= 0.3 is 12.1 Å². The summed E-state index contributed by atoms with van der Waals surface area (Å²) in [5, 5.41) is 18.4. The highest BCUT2D eigenvalue weighted by molar-refractivity contribution is 5.80. The normalized spacial score (nSPS) is 22.3. The molecule has 2 rings (SSSR count). The second-order valence-corrected chi connectivity index (χ2v) is 4.44. The van der Waals surface area contributed by atoms with Crippen LogP contribution < -0.4 is 0 Å². The number of β-amino-alcohol motifs (C(OH)–C–C–N with tert-alkyl or cyclic N) is 1. The predicted octanol–water partition coefficient (Wildman–Crippen LogP) is 0.843. The fraction of sp³-hybridized carbons (Fsp3) is 0.385. The standard InChI is InChI=1S/C13H15NO5/c15-10-6-11(12(16)17)14(7-10)13(18)19-8-9-4-2-1-3-5-9/h1-5,10-11,15H,6-8H2,(H,16,17). The molecule has 6 nitrogen and oxygen atoms in total. The van der Waals surface area contributed by atoms with E-state index in [0.717, 1.165) is 10.5 Å². The first-order chi connectivity index (χ1) is 9.08. The number of ether oxygens (including phenoxy) is 1. The maximum Gasteiger partial charge on any atom is 0.410 e. The van der Waals surface area contributed by atoms with E-state index < -0.39 is 24.2 Å². The molecule has 0 spiro atoms. The van der Waals surface area contributed by atoms with Crippen LogP contribution in [0.1, 0.15) is 12.0 Å². The molecule has 2 unspecified atom stereocenters. The van der Waals surface area contributed by atoms with E-state index in [0.29, 0.717) is 0 Å². The van der Waals surface area contributed by atoms with Gasteiger partial charge in [0.05, 0.1) is 12.6 Å². The first-order valence-corrected chi connectivity index (χ1v) is 5.96. The van der Waals surface area contributed by atoms with Crippen LogP contribution in [-0.4, -0.2) is 45.9 Å². The third kappa shape index (κ3) is 3.23. The Labute approximate surface area is 110 Å². The lowest BCUT2D eigenvalue weighted by Crippen LogP contribution is -2.40. The number of carboxylic acids is 1. The lowest BCUT2D eigenvalue weighted by atomic mass is 10.2. The highest BCUT2D eigenvalue weighted by Crippen LogP contribution is 2.19. The number of amides is 1. The number of aliphatic carboxylic acids is 1. The molecular weight excluding hydrogens is 250 g/mol. The summed E-state index contributed by atoms with van der Waals surface area (Å²) >= 11 is 0. The fourth-order valence-corrected chi connectivity index (χ4v) is 2.05. The summed E-state index contributed by atoms with van der Waals surface area (Å²) in [6.45, 7) is 0.0726. The second kappa shape index (κ2) is 5.71. The van der Waals surface area contributed by atoms with Gasteiger partial charge < -0.3 is 14.9 Å². The van der Waals surface area contributed by atoms with Gasteiger partial charge in [0.25, 0.3) is 0 Å². The van der Waals surface area contributed by atoms with Crippen molar-refractivity contribution < 1.29 is 24.5 Å². The van der Waals surface area contributed by atoms with E-state index in [-0.39, 0.29) is 19.6 Å². The average molecular weight is 265 g/mol. The molecule has 1 aromatic rings. The number of aliphatic hydroxyl groups excluding tert-OH is 1. The molecule has 1 fully saturated rings. The van der Waals surface area contributed by atoms with Crippen LogP contribution in [0.2, 0.25) is 0 Å². The minimum atomic E-state index is -1.13. The van der Waals surface area contributed by atoms with Crippen LogP contribution in [0.4, 0.5) is 4.79 Å². The van der Waals surface area contributed by atoms with Gasteiger partial charge in [-0.15, -0.1) is 0 Å². The van der Waals surface area contributed by atoms with Gasteiger partial charge in [-0.05, 0) is 5.56 Å². The van der Waals surface area contributed by atoms with Gasteiger partial charge in [0, 0.05) is 6.42 Å². The van der Waals surface area contributed by atoms with Crippen LogP contribution >= 0.6 is 0 Å². The van der Waals surface area contributed by atoms with Crippen molar-refractivity contribution in [1.82, 2.24) is 4.90 Å². The molecule has 2 N–H and O–H groups in total. The molecule has 0 aliphatic carbocycles. The molecule has 2 atom stereocenters. The first-order valence-electron chi connectivity index (χ1n) is 5.96. The van der Waals surface area contributed by atoms with Crippen molar-refractivity contribution in [2.24, 2.45) is 0 Å². The van der Waals surface area contributed by atoms with Crippen molar-refractivity contribution >= 4 is 12.1 Å². The maximum atomic E-state index is 11.8. The summed E-state index contributed by atoms with van der Waals surface area (Å²) < 4.78 is 5.05. The molecule has 1 aromatic carbocycles. The summed E-state index contributed by atoms with van der Waals surface area (Å²) in [6.07, 6.45) is -1.49. The molecule has 1 aliphatic rings. The number of carboxylic acid groups (broad SMARTS) is 1. The highest BCUT2D eigenvalue weighted by Gasteiger charge is 2.39. The predicted molar refractivity (Wildman–Crippen MR) is 65.4 cm³/mol. The van der Waals surface area contributed by atoms with Crippen molar-refractivity contribution in [2.45, 2.75) is 25.2 Å². The number of aliphatic hydroxyl groups is 1. The Morgan fingerprint density at radius 2 is 2.00 bits per heavy atom. The SMILES string of the molecule is O=C(O)C1CC(O)CN1C(=O)OCc1ccccc1. The van der Waals surface area contributed by atoms with Crippen molar-refractivity contribution in [1.29, 1.82) is 0 Å². The van der Waals surface area contributed by atoms with Crippen molar-refractivity contribution in [2.75, 3.05) is 6.54 Å². The Hall–Kier alpha value is -2.08. The maximum absolute atomic E-state index is 11.8. The van der Waals surface area contributed by atoms with Gasteiger partial charge in [-0.25, -0.2) is 9.59 Å². The molecule has 1 aliphatic heterocycles. The van der Waals surface area contributed by atoms with Crippen LogP contribution in [-0.2, 0) is 16.1 Å². The molecule has 102 valence electrons. The van der Waals surface area contributed by atoms with E-state index in [1.54, 1.807) is 12.1 Å². The first kappa shape index (κ1) is 13.4. The Bertz CT molecular complexity index is 461. The minimum Gasteiger partial charge on any atom is -0.480 e. The largest absolute Gasteiger partial charge is 0.480 e. The van der Waals surface area contributed by atoms with E-state index in [1.807, 2.05) is 18.2 Å². The lowest BCUT2D eigenvalue weighted by Gasteiger charge is -2.20. The Kier molecular flexibility index (Phi) is 4.01. The molecule has 0 bridgehead atoms. The van der Waals surface area contributed by atoms with Gasteiger partial charge in [0.15, 0.2) is 0 Å². The fourth-order valence-electron chi connectivity index (χ4n) is 2.05. The summed E-state index contributed by atoms with van der Waals surface area (Å²) in [4.78, 5) is 23.8. The molecule has 0 saturated carbocycles. The van der Waals surface area contributed by atoms with Gasteiger partial charge in [-0.1, -0.05) is 30.3 Å². The Morgan fingerprint density at radius 1 is 1.32 bits per heavy atom. The molecular formula is C13H15NO5. The van der Waals surface area contributed by atoms with Crippen LogP contribution in [0.5, 0.6) is 0 Å². The summed E-state index contributed by atoms with van der Waals surface area (Å²) in [6, 6.07) is 8.09. The van der Waals surface area contributed by atoms with Gasteiger partial charge in [-0.3, -0.25) is 4.90 Å². The number of carbonyl (C=O) groups excluding carboxylic acids is 1. The summed E-state index contributed by atoms with van der Waals surface area (Å²) in [5.74, 6) is -1.13. The summed E-state index contributed by atoms with van der Waals surface area (Å²) in [7, 11) is 0. The van der Waals surface area contributed by atoms with Gasteiger partial charge in [0.2, 0.25) is 0 Å². The van der Waals surface area contributed by atoms with E-state index in [9.17, 15) is 14.7 Å². The average Bonchev–Trinajstić information content (AvgIpc) is 2.79. The molecule has 0 aromatic heterocycles. The third-order valence-electron chi connectivity index (χ3n) is 3.00. The van der Waals surface area contributed by atoms with Crippen LogP contribution in [0, 0.1) is 0 Å². The zero-order valence-corrected chi connectivity index (χ0v) is 10.2.